The zero-order chi connectivity index (χ0) is 26.1. The first-order valence-electron chi connectivity index (χ1n) is 12.5. The van der Waals surface area contributed by atoms with Crippen molar-refractivity contribution in [2.75, 3.05) is 6.54 Å². The first-order chi connectivity index (χ1) is 15.8. The van der Waals surface area contributed by atoms with E-state index in [0.717, 1.165) is 24.0 Å². The molecule has 0 heterocycles. The number of nitrogens with zero attached hydrogens (tertiary/aromatic N) is 1. The summed E-state index contributed by atoms with van der Waals surface area (Å²) in [5.41, 5.74) is 1.03. The Morgan fingerprint density at radius 3 is 2.12 bits per heavy atom. The molecule has 0 radical (unpaired) electrons. The van der Waals surface area contributed by atoms with Crippen molar-refractivity contribution in [1.82, 2.24) is 15.5 Å². The number of alkyl carbamates (subject to hydrolysis) is 1. The third-order valence-corrected chi connectivity index (χ3v) is 5.51. The van der Waals surface area contributed by atoms with Crippen LogP contribution in [-0.4, -0.2) is 47.0 Å². The number of rotatable bonds is 11. The van der Waals surface area contributed by atoms with Crippen molar-refractivity contribution in [3.8, 4) is 0 Å². The summed E-state index contributed by atoms with van der Waals surface area (Å²) in [6, 6.07) is 6.00. The van der Waals surface area contributed by atoms with Gasteiger partial charge in [-0.3, -0.25) is 9.59 Å². The number of aryl methyl sites for hydroxylation is 1. The zero-order valence-electron chi connectivity index (χ0n) is 22.5. The summed E-state index contributed by atoms with van der Waals surface area (Å²) in [6.07, 6.45) is 1.82. The van der Waals surface area contributed by atoms with Crippen LogP contribution >= 0.6 is 0 Å². The topological polar surface area (TPSA) is 87.7 Å². The molecule has 0 aliphatic heterocycles. The molecule has 0 aliphatic carbocycles. The predicted molar refractivity (Wildman–Crippen MR) is 136 cm³/mol. The second-order valence-corrected chi connectivity index (χ2v) is 10.4. The number of nitrogens with one attached hydrogen (secondary N) is 2. The summed E-state index contributed by atoms with van der Waals surface area (Å²) in [6.45, 7) is 17.4. The fourth-order valence-electron chi connectivity index (χ4n) is 3.91. The Kier molecular flexibility index (Phi) is 11.6. The zero-order valence-corrected chi connectivity index (χ0v) is 22.5. The van der Waals surface area contributed by atoms with E-state index in [1.54, 1.807) is 25.7 Å². The fourth-order valence-corrected chi connectivity index (χ4v) is 3.91. The molecule has 1 aromatic carbocycles. The molecule has 7 heteroatoms. The highest BCUT2D eigenvalue weighted by Crippen LogP contribution is 2.27. The van der Waals surface area contributed by atoms with E-state index in [0.29, 0.717) is 13.0 Å². The molecule has 3 unspecified atom stereocenters. The quantitative estimate of drug-likeness (QED) is 0.464. The van der Waals surface area contributed by atoms with Crippen LogP contribution in [-0.2, 0) is 14.3 Å². The Bertz CT molecular complexity index is 816. The van der Waals surface area contributed by atoms with Crippen LogP contribution in [0.25, 0.3) is 0 Å². The van der Waals surface area contributed by atoms with Gasteiger partial charge in [0, 0.05) is 12.6 Å². The minimum atomic E-state index is -0.825. The van der Waals surface area contributed by atoms with Gasteiger partial charge in [0.15, 0.2) is 0 Å². The molecule has 192 valence electrons. The van der Waals surface area contributed by atoms with Gasteiger partial charge in [-0.2, -0.15) is 0 Å². The highest BCUT2D eigenvalue weighted by molar-refractivity contribution is 5.92. The number of ether oxygens (including phenoxy) is 1. The van der Waals surface area contributed by atoms with E-state index in [1.165, 1.54) is 0 Å². The van der Waals surface area contributed by atoms with Crippen molar-refractivity contribution in [3.05, 3.63) is 35.4 Å². The molecule has 1 aromatic rings. The third kappa shape index (κ3) is 8.99. The molecule has 3 atom stereocenters. The van der Waals surface area contributed by atoms with Crippen molar-refractivity contribution in [3.63, 3.8) is 0 Å². The molecule has 0 saturated heterocycles. The van der Waals surface area contributed by atoms with Gasteiger partial charge in [-0.05, 0) is 64.5 Å². The second kappa shape index (κ2) is 13.4. The minimum Gasteiger partial charge on any atom is -0.444 e. The minimum absolute atomic E-state index is 0.0108. The maximum atomic E-state index is 13.9. The summed E-state index contributed by atoms with van der Waals surface area (Å²) in [4.78, 5) is 41.6. The number of hydrogen-bond acceptors (Lipinski definition) is 4. The molecule has 7 nitrogen and oxygen atoms in total. The molecule has 0 fully saturated rings. The van der Waals surface area contributed by atoms with Crippen LogP contribution in [0.3, 0.4) is 0 Å². The average molecular weight is 476 g/mol. The maximum absolute atomic E-state index is 13.9. The normalized spacial score (nSPS) is 14.2. The molecule has 2 N–H and O–H groups in total. The number of amides is 3. The molecule has 3 amide bonds. The van der Waals surface area contributed by atoms with Crippen LogP contribution in [0, 0.1) is 12.8 Å². The lowest BCUT2D eigenvalue weighted by atomic mass is 9.95. The molecule has 0 spiro atoms. The van der Waals surface area contributed by atoms with E-state index in [9.17, 15) is 14.4 Å². The lowest BCUT2D eigenvalue weighted by molar-refractivity contribution is -0.143. The lowest BCUT2D eigenvalue weighted by Crippen LogP contribution is -2.55. The first-order valence-corrected chi connectivity index (χ1v) is 12.5. The first kappa shape index (κ1) is 29.5. The maximum Gasteiger partial charge on any atom is 0.408 e. The van der Waals surface area contributed by atoms with Crippen LogP contribution in [0.5, 0.6) is 0 Å². The van der Waals surface area contributed by atoms with Crippen molar-refractivity contribution in [1.29, 1.82) is 0 Å². The van der Waals surface area contributed by atoms with Crippen LogP contribution < -0.4 is 10.6 Å². The highest BCUT2D eigenvalue weighted by atomic mass is 16.6. The monoisotopic (exact) mass is 475 g/mol. The predicted octanol–water partition coefficient (Wildman–Crippen LogP) is 5.13. The van der Waals surface area contributed by atoms with Crippen molar-refractivity contribution in [2.24, 2.45) is 5.92 Å². The Morgan fingerprint density at radius 2 is 1.62 bits per heavy atom. The molecule has 34 heavy (non-hydrogen) atoms. The van der Waals surface area contributed by atoms with E-state index < -0.39 is 23.8 Å². The van der Waals surface area contributed by atoms with Gasteiger partial charge in [0.05, 0.1) is 0 Å². The summed E-state index contributed by atoms with van der Waals surface area (Å²) < 4.78 is 5.40. The summed E-state index contributed by atoms with van der Waals surface area (Å²) >= 11 is 0. The standard InChI is InChI=1S/C27H45N3O4/c1-10-14-20(6)28-24(31)23(21-16-13-12-15-19(21)5)30(17-11-2)25(32)22(18(3)4)29-26(33)34-27(7,8)9/h12-13,15-16,18,20,22-23H,10-11,14,17H2,1-9H3,(H,28,31)(H,29,33). The Labute approximate surface area is 206 Å². The van der Waals surface area contributed by atoms with Gasteiger partial charge in [0.2, 0.25) is 11.8 Å². The Balaban J connectivity index is 3.41. The van der Waals surface area contributed by atoms with Crippen LogP contribution in [0.15, 0.2) is 24.3 Å². The van der Waals surface area contributed by atoms with Crippen LogP contribution in [0.4, 0.5) is 4.79 Å². The van der Waals surface area contributed by atoms with Crippen molar-refractivity contribution < 1.29 is 19.1 Å². The van der Waals surface area contributed by atoms with Gasteiger partial charge in [-0.25, -0.2) is 4.79 Å². The molecule has 0 bridgehead atoms. The average Bonchev–Trinajstić information content (AvgIpc) is 2.71. The number of carbonyl (C=O) groups is 3. The Morgan fingerprint density at radius 1 is 1.00 bits per heavy atom. The van der Waals surface area contributed by atoms with Crippen LogP contribution in [0.1, 0.15) is 91.8 Å². The second-order valence-electron chi connectivity index (χ2n) is 10.4. The van der Waals surface area contributed by atoms with Crippen molar-refractivity contribution in [2.45, 2.75) is 105 Å². The van der Waals surface area contributed by atoms with E-state index >= 15 is 0 Å². The van der Waals surface area contributed by atoms with E-state index in [2.05, 4.69) is 17.6 Å². The molecule has 1 rings (SSSR count). The fraction of sp³-hybridized carbons (Fsp3) is 0.667. The molecule has 0 saturated carbocycles. The summed E-state index contributed by atoms with van der Waals surface area (Å²) in [5.74, 6) is -0.704. The summed E-state index contributed by atoms with van der Waals surface area (Å²) in [5, 5.41) is 5.84. The van der Waals surface area contributed by atoms with Crippen molar-refractivity contribution >= 4 is 17.9 Å². The van der Waals surface area contributed by atoms with E-state index in [1.807, 2.05) is 58.9 Å². The van der Waals surface area contributed by atoms with E-state index in [-0.39, 0.29) is 23.8 Å². The smallest absolute Gasteiger partial charge is 0.408 e. The largest absolute Gasteiger partial charge is 0.444 e. The van der Waals surface area contributed by atoms with Gasteiger partial charge >= 0.3 is 6.09 Å². The van der Waals surface area contributed by atoms with Gasteiger partial charge in [-0.1, -0.05) is 58.4 Å². The summed E-state index contributed by atoms with van der Waals surface area (Å²) in [7, 11) is 0. The van der Waals surface area contributed by atoms with Gasteiger partial charge in [-0.15, -0.1) is 0 Å². The molecule has 0 aliphatic rings. The number of benzene rings is 1. The van der Waals surface area contributed by atoms with Gasteiger partial charge in [0.1, 0.15) is 17.7 Å². The van der Waals surface area contributed by atoms with Gasteiger partial charge in [0.25, 0.3) is 0 Å². The number of hydrogen-bond donors (Lipinski definition) is 2. The number of carbonyl (C=O) groups excluding carboxylic acids is 3. The molecular formula is C27H45N3O4. The van der Waals surface area contributed by atoms with Crippen LogP contribution in [0.2, 0.25) is 0 Å². The van der Waals surface area contributed by atoms with Gasteiger partial charge < -0.3 is 20.3 Å². The molecular weight excluding hydrogens is 430 g/mol. The highest BCUT2D eigenvalue weighted by Gasteiger charge is 2.37. The molecule has 0 aromatic heterocycles. The van der Waals surface area contributed by atoms with E-state index in [4.69, 9.17) is 4.74 Å². The Hall–Kier alpha value is -2.57. The SMILES string of the molecule is CCCC(C)NC(=O)C(c1ccccc1C)N(CCC)C(=O)C(NC(=O)OC(C)(C)C)C(C)C. The third-order valence-electron chi connectivity index (χ3n) is 5.51. The lowest BCUT2D eigenvalue weighted by Gasteiger charge is -2.36.